The summed E-state index contributed by atoms with van der Waals surface area (Å²) in [5.41, 5.74) is 2.43. The van der Waals surface area contributed by atoms with E-state index in [1.165, 1.54) is 30.6 Å². The zero-order valence-corrected chi connectivity index (χ0v) is 13.3. The van der Waals surface area contributed by atoms with Crippen molar-refractivity contribution in [1.29, 1.82) is 0 Å². The summed E-state index contributed by atoms with van der Waals surface area (Å²) in [6.07, 6.45) is 2.61. The smallest absolute Gasteiger partial charge is 0.0494 e. The maximum atomic E-state index is 6.02. The van der Waals surface area contributed by atoms with E-state index in [0.29, 0.717) is 11.9 Å². The van der Waals surface area contributed by atoms with Crippen molar-refractivity contribution in [3.8, 4) is 0 Å². The molecule has 100 valence electrons. The fourth-order valence-electron chi connectivity index (χ4n) is 2.63. The van der Waals surface area contributed by atoms with Gasteiger partial charge < -0.3 is 9.80 Å². The lowest BCUT2D eigenvalue weighted by Crippen LogP contribution is -2.36. The van der Waals surface area contributed by atoms with Gasteiger partial charge in [0.15, 0.2) is 0 Å². The van der Waals surface area contributed by atoms with Gasteiger partial charge in [-0.3, -0.25) is 0 Å². The van der Waals surface area contributed by atoms with Crippen LogP contribution in [0, 0.1) is 0 Å². The number of alkyl halides is 1. The monoisotopic (exact) mass is 330 g/mol. The molecule has 0 amide bonds. The van der Waals surface area contributed by atoms with Crippen molar-refractivity contribution >= 4 is 33.2 Å². The minimum Gasteiger partial charge on any atom is -0.373 e. The van der Waals surface area contributed by atoms with Crippen molar-refractivity contribution in [2.45, 2.75) is 24.8 Å². The van der Waals surface area contributed by atoms with E-state index in [0.717, 1.165) is 11.0 Å². The van der Waals surface area contributed by atoms with E-state index in [4.69, 9.17) is 11.6 Å². The topological polar surface area (TPSA) is 6.48 Å². The Kier molecular flexibility index (Phi) is 4.93. The Labute approximate surface area is 123 Å². The van der Waals surface area contributed by atoms with Crippen LogP contribution in [0.15, 0.2) is 22.7 Å². The van der Waals surface area contributed by atoms with Crippen molar-refractivity contribution < 1.29 is 0 Å². The molecule has 0 bridgehead atoms. The number of likely N-dealkylation sites (N-methyl/N-ethyl adjacent to an activating group) is 2. The Bertz CT molecular complexity index is 411. The summed E-state index contributed by atoms with van der Waals surface area (Å²) in [6, 6.07) is 6.97. The molecular formula is C14H20BrClN2. The van der Waals surface area contributed by atoms with E-state index in [1.54, 1.807) is 0 Å². The lowest BCUT2D eigenvalue weighted by Gasteiger charge is -2.28. The molecule has 1 saturated heterocycles. The van der Waals surface area contributed by atoms with Gasteiger partial charge >= 0.3 is 0 Å². The van der Waals surface area contributed by atoms with E-state index < -0.39 is 0 Å². The number of likely N-dealkylation sites (tertiary alicyclic amines) is 1. The summed E-state index contributed by atoms with van der Waals surface area (Å²) >= 11 is 9.56. The van der Waals surface area contributed by atoms with Crippen LogP contribution >= 0.6 is 27.5 Å². The van der Waals surface area contributed by atoms with Crippen LogP contribution in [0.2, 0.25) is 0 Å². The van der Waals surface area contributed by atoms with E-state index in [-0.39, 0.29) is 0 Å². The molecule has 18 heavy (non-hydrogen) atoms. The fourth-order valence-corrected chi connectivity index (χ4v) is 3.20. The molecule has 1 aromatic rings. The first-order valence-corrected chi connectivity index (χ1v) is 7.70. The summed E-state index contributed by atoms with van der Waals surface area (Å²) in [7, 11) is 4.37. The highest BCUT2D eigenvalue weighted by Gasteiger charge is 2.22. The SMILES string of the molecule is CN(CC1CCCN1C)c1cc(Br)ccc1CCl. The summed E-state index contributed by atoms with van der Waals surface area (Å²) in [5.74, 6) is 0.563. The zero-order chi connectivity index (χ0) is 13.1. The second-order valence-corrected chi connectivity index (χ2v) is 6.25. The fraction of sp³-hybridized carbons (Fsp3) is 0.571. The van der Waals surface area contributed by atoms with E-state index in [2.05, 4.69) is 58.0 Å². The third kappa shape index (κ3) is 3.19. The average molecular weight is 332 g/mol. The van der Waals surface area contributed by atoms with Crippen LogP contribution in [-0.4, -0.2) is 38.1 Å². The molecule has 0 saturated carbocycles. The number of hydrogen-bond donors (Lipinski definition) is 0. The van der Waals surface area contributed by atoms with Crippen molar-refractivity contribution in [3.05, 3.63) is 28.2 Å². The molecule has 0 aliphatic carbocycles. The normalized spacial score (nSPS) is 20.3. The number of anilines is 1. The highest BCUT2D eigenvalue weighted by molar-refractivity contribution is 9.10. The number of nitrogens with zero attached hydrogens (tertiary/aromatic N) is 2. The van der Waals surface area contributed by atoms with Gasteiger partial charge in [0.2, 0.25) is 0 Å². The Hall–Kier alpha value is -0.250. The van der Waals surface area contributed by atoms with Gasteiger partial charge in [0.1, 0.15) is 0 Å². The molecule has 1 aliphatic heterocycles. The van der Waals surface area contributed by atoms with Gasteiger partial charge in [-0.2, -0.15) is 0 Å². The van der Waals surface area contributed by atoms with Gasteiger partial charge in [0.25, 0.3) is 0 Å². The van der Waals surface area contributed by atoms with Gasteiger partial charge in [-0.25, -0.2) is 0 Å². The Balaban J connectivity index is 2.12. The van der Waals surface area contributed by atoms with E-state index in [1.807, 2.05) is 0 Å². The van der Waals surface area contributed by atoms with E-state index in [9.17, 15) is 0 Å². The van der Waals surface area contributed by atoms with Crippen LogP contribution in [0.1, 0.15) is 18.4 Å². The second kappa shape index (κ2) is 6.27. The molecule has 0 aromatic heterocycles. The summed E-state index contributed by atoms with van der Waals surface area (Å²) < 4.78 is 1.11. The largest absolute Gasteiger partial charge is 0.373 e. The first-order chi connectivity index (χ1) is 8.61. The number of hydrogen-bond acceptors (Lipinski definition) is 2. The third-order valence-electron chi connectivity index (χ3n) is 3.76. The Morgan fingerprint density at radius 1 is 1.50 bits per heavy atom. The van der Waals surface area contributed by atoms with Gasteiger partial charge in [0.05, 0.1) is 0 Å². The van der Waals surface area contributed by atoms with Crippen LogP contribution in [-0.2, 0) is 5.88 Å². The van der Waals surface area contributed by atoms with Gasteiger partial charge in [0, 0.05) is 35.7 Å². The molecule has 1 atom stereocenters. The van der Waals surface area contributed by atoms with Crippen LogP contribution in [0.5, 0.6) is 0 Å². The van der Waals surface area contributed by atoms with Gasteiger partial charge in [-0.05, 0) is 44.1 Å². The predicted octanol–water partition coefficient (Wildman–Crippen LogP) is 3.72. The molecule has 1 heterocycles. The van der Waals surface area contributed by atoms with Gasteiger partial charge in [-0.15, -0.1) is 11.6 Å². The van der Waals surface area contributed by atoms with Crippen LogP contribution in [0.3, 0.4) is 0 Å². The van der Waals surface area contributed by atoms with Crippen LogP contribution in [0.25, 0.3) is 0 Å². The number of benzene rings is 1. The Morgan fingerprint density at radius 3 is 2.89 bits per heavy atom. The maximum absolute atomic E-state index is 6.02. The molecule has 1 aliphatic rings. The quantitative estimate of drug-likeness (QED) is 0.776. The number of halogens is 2. The lowest BCUT2D eigenvalue weighted by molar-refractivity contribution is 0.314. The summed E-state index contributed by atoms with van der Waals surface area (Å²) in [5, 5.41) is 0. The zero-order valence-electron chi connectivity index (χ0n) is 11.0. The molecule has 0 radical (unpaired) electrons. The molecule has 1 aromatic carbocycles. The average Bonchev–Trinajstić information content (AvgIpc) is 2.75. The second-order valence-electron chi connectivity index (χ2n) is 5.06. The van der Waals surface area contributed by atoms with Crippen molar-refractivity contribution in [2.24, 2.45) is 0 Å². The first-order valence-electron chi connectivity index (χ1n) is 6.37. The molecule has 0 N–H and O–H groups in total. The molecule has 2 nitrogen and oxygen atoms in total. The molecule has 2 rings (SSSR count). The van der Waals surface area contributed by atoms with Crippen LogP contribution < -0.4 is 4.90 Å². The predicted molar refractivity (Wildman–Crippen MR) is 82.6 cm³/mol. The Morgan fingerprint density at radius 2 is 2.28 bits per heavy atom. The molecular weight excluding hydrogens is 312 g/mol. The highest BCUT2D eigenvalue weighted by atomic mass is 79.9. The first kappa shape index (κ1) is 14.2. The third-order valence-corrected chi connectivity index (χ3v) is 4.54. The summed E-state index contributed by atoms with van der Waals surface area (Å²) in [4.78, 5) is 4.78. The minimum absolute atomic E-state index is 0.563. The van der Waals surface area contributed by atoms with Crippen molar-refractivity contribution in [3.63, 3.8) is 0 Å². The maximum Gasteiger partial charge on any atom is 0.0494 e. The van der Waals surface area contributed by atoms with Crippen molar-refractivity contribution in [2.75, 3.05) is 32.1 Å². The standard InChI is InChI=1S/C14H20BrClN2/c1-17-7-3-4-13(17)10-18(2)14-8-12(15)6-5-11(14)9-16/h5-6,8,13H,3-4,7,9-10H2,1-2H3. The van der Waals surface area contributed by atoms with Gasteiger partial charge in [-0.1, -0.05) is 22.0 Å². The van der Waals surface area contributed by atoms with E-state index >= 15 is 0 Å². The number of rotatable bonds is 4. The minimum atomic E-state index is 0.563. The highest BCUT2D eigenvalue weighted by Crippen LogP contribution is 2.27. The lowest BCUT2D eigenvalue weighted by atomic mass is 10.1. The van der Waals surface area contributed by atoms with Crippen molar-refractivity contribution in [1.82, 2.24) is 4.90 Å². The molecule has 0 spiro atoms. The summed E-state index contributed by atoms with van der Waals surface area (Å²) in [6.45, 7) is 2.29. The molecule has 4 heteroatoms. The molecule has 1 fully saturated rings. The molecule has 1 unspecified atom stereocenters. The van der Waals surface area contributed by atoms with Crippen LogP contribution in [0.4, 0.5) is 5.69 Å².